The highest BCUT2D eigenvalue weighted by Crippen LogP contribution is 2.27. The number of nitrogens with zero attached hydrogens (tertiary/aromatic N) is 4. The minimum Gasteiger partial charge on any atom is -0.497 e. The lowest BCUT2D eigenvalue weighted by atomic mass is 10.0. The van der Waals surface area contributed by atoms with E-state index >= 15 is 0 Å². The molecule has 3 heterocycles. The number of aryl methyl sites for hydroxylation is 1. The largest absolute Gasteiger partial charge is 0.497 e. The standard InChI is InChI=1S/C24H26N4O4/c1-16-12-26-21(14-25-16)24(29)28-8-9-32-23(15-28)20-6-4-17(13-27-20)10-18-11-19(30-2)5-7-22(18)31-3/h4-7,11-14,23H,8-10,15H2,1-3H3. The van der Waals surface area contributed by atoms with Crippen molar-refractivity contribution in [3.8, 4) is 11.5 Å². The Bertz CT molecular complexity index is 1070. The highest BCUT2D eigenvalue weighted by atomic mass is 16.5. The molecule has 8 heteroatoms. The molecule has 8 nitrogen and oxygen atoms in total. The van der Waals surface area contributed by atoms with Crippen LogP contribution in [0.25, 0.3) is 0 Å². The van der Waals surface area contributed by atoms with Gasteiger partial charge in [-0.2, -0.15) is 0 Å². The molecule has 1 atom stereocenters. The molecule has 0 aliphatic carbocycles. The second kappa shape index (κ2) is 9.74. The van der Waals surface area contributed by atoms with Crippen LogP contribution in [0.4, 0.5) is 0 Å². The Labute approximate surface area is 187 Å². The van der Waals surface area contributed by atoms with E-state index in [1.165, 1.54) is 6.20 Å². The number of hydrogen-bond acceptors (Lipinski definition) is 7. The molecule has 0 spiro atoms. The van der Waals surface area contributed by atoms with Gasteiger partial charge in [0.2, 0.25) is 0 Å². The summed E-state index contributed by atoms with van der Waals surface area (Å²) in [6.07, 6.45) is 5.33. The molecule has 0 radical (unpaired) electrons. The van der Waals surface area contributed by atoms with Crippen molar-refractivity contribution in [3.05, 3.63) is 77.1 Å². The number of morpholine rings is 1. The van der Waals surface area contributed by atoms with Gasteiger partial charge < -0.3 is 19.1 Å². The second-order valence-electron chi connectivity index (χ2n) is 7.60. The fourth-order valence-corrected chi connectivity index (χ4v) is 3.65. The van der Waals surface area contributed by atoms with Crippen molar-refractivity contribution in [2.45, 2.75) is 19.4 Å². The molecule has 4 rings (SSSR count). The van der Waals surface area contributed by atoms with Crippen molar-refractivity contribution < 1.29 is 19.0 Å². The Hall–Kier alpha value is -3.52. The third kappa shape index (κ3) is 4.86. The van der Waals surface area contributed by atoms with Crippen molar-refractivity contribution >= 4 is 5.91 Å². The van der Waals surface area contributed by atoms with Gasteiger partial charge in [0.25, 0.3) is 5.91 Å². The van der Waals surface area contributed by atoms with Crippen LogP contribution in [0, 0.1) is 6.92 Å². The third-order valence-corrected chi connectivity index (χ3v) is 5.41. The molecule has 1 saturated heterocycles. The topological polar surface area (TPSA) is 86.7 Å². The summed E-state index contributed by atoms with van der Waals surface area (Å²) >= 11 is 0. The molecule has 1 aromatic carbocycles. The summed E-state index contributed by atoms with van der Waals surface area (Å²) in [7, 11) is 3.30. The summed E-state index contributed by atoms with van der Waals surface area (Å²) in [6, 6.07) is 9.72. The van der Waals surface area contributed by atoms with Crippen LogP contribution < -0.4 is 9.47 Å². The number of benzene rings is 1. The SMILES string of the molecule is COc1ccc(OC)c(Cc2ccc(C3CN(C(=O)c4cnc(C)cn4)CCO3)nc2)c1. The monoisotopic (exact) mass is 434 g/mol. The lowest BCUT2D eigenvalue weighted by Crippen LogP contribution is -2.42. The Kier molecular flexibility index (Phi) is 6.61. The molecule has 166 valence electrons. The van der Waals surface area contributed by atoms with E-state index in [1.807, 2.05) is 43.5 Å². The Morgan fingerprint density at radius 2 is 1.97 bits per heavy atom. The zero-order chi connectivity index (χ0) is 22.5. The van der Waals surface area contributed by atoms with Crippen LogP contribution in [-0.4, -0.2) is 59.7 Å². The molecule has 32 heavy (non-hydrogen) atoms. The van der Waals surface area contributed by atoms with Crippen molar-refractivity contribution in [2.75, 3.05) is 33.9 Å². The Balaban J connectivity index is 1.45. The fourth-order valence-electron chi connectivity index (χ4n) is 3.65. The van der Waals surface area contributed by atoms with Crippen LogP contribution in [0.15, 0.2) is 48.9 Å². The summed E-state index contributed by atoms with van der Waals surface area (Å²) in [5, 5.41) is 0. The van der Waals surface area contributed by atoms with Gasteiger partial charge in [-0.25, -0.2) is 4.98 Å². The third-order valence-electron chi connectivity index (χ3n) is 5.41. The van der Waals surface area contributed by atoms with Crippen molar-refractivity contribution in [1.82, 2.24) is 19.9 Å². The van der Waals surface area contributed by atoms with Crippen molar-refractivity contribution in [3.63, 3.8) is 0 Å². The van der Waals surface area contributed by atoms with E-state index in [4.69, 9.17) is 14.2 Å². The summed E-state index contributed by atoms with van der Waals surface area (Å²) in [5.74, 6) is 1.44. The quantitative estimate of drug-likeness (QED) is 0.589. The molecule has 1 aliphatic rings. The van der Waals surface area contributed by atoms with Gasteiger partial charge in [0, 0.05) is 30.9 Å². The summed E-state index contributed by atoms with van der Waals surface area (Å²) in [6.45, 7) is 3.22. The van der Waals surface area contributed by atoms with Gasteiger partial charge in [0.05, 0.1) is 45.0 Å². The van der Waals surface area contributed by atoms with Gasteiger partial charge in [0.15, 0.2) is 0 Å². The molecule has 3 aromatic rings. The first-order valence-electron chi connectivity index (χ1n) is 10.4. The van der Waals surface area contributed by atoms with Crippen LogP contribution in [-0.2, 0) is 11.2 Å². The molecular formula is C24H26N4O4. The van der Waals surface area contributed by atoms with E-state index in [1.54, 1.807) is 25.3 Å². The van der Waals surface area contributed by atoms with Crippen LogP contribution in [0.1, 0.15) is 39.1 Å². The number of aromatic nitrogens is 3. The lowest BCUT2D eigenvalue weighted by Gasteiger charge is -2.32. The number of ether oxygens (including phenoxy) is 3. The van der Waals surface area contributed by atoms with E-state index in [-0.39, 0.29) is 12.0 Å². The van der Waals surface area contributed by atoms with E-state index in [0.717, 1.165) is 34.0 Å². The van der Waals surface area contributed by atoms with Gasteiger partial charge in [-0.1, -0.05) is 6.07 Å². The smallest absolute Gasteiger partial charge is 0.274 e. The van der Waals surface area contributed by atoms with E-state index < -0.39 is 0 Å². The average molecular weight is 434 g/mol. The number of amides is 1. The molecule has 1 amide bonds. The predicted molar refractivity (Wildman–Crippen MR) is 118 cm³/mol. The normalized spacial score (nSPS) is 16.0. The van der Waals surface area contributed by atoms with Crippen LogP contribution in [0.2, 0.25) is 0 Å². The Morgan fingerprint density at radius 3 is 2.66 bits per heavy atom. The van der Waals surface area contributed by atoms with Crippen molar-refractivity contribution in [1.29, 1.82) is 0 Å². The number of hydrogen-bond donors (Lipinski definition) is 0. The number of rotatable bonds is 6. The molecule has 1 fully saturated rings. The first-order valence-corrected chi connectivity index (χ1v) is 10.4. The summed E-state index contributed by atoms with van der Waals surface area (Å²) in [5.41, 5.74) is 3.97. The van der Waals surface area contributed by atoms with Crippen LogP contribution in [0.5, 0.6) is 11.5 Å². The molecular weight excluding hydrogens is 408 g/mol. The highest BCUT2D eigenvalue weighted by Gasteiger charge is 2.27. The number of pyridine rings is 1. The minimum atomic E-state index is -0.286. The van der Waals surface area contributed by atoms with E-state index in [2.05, 4.69) is 15.0 Å². The van der Waals surface area contributed by atoms with Gasteiger partial charge in [-0.3, -0.25) is 14.8 Å². The molecule has 1 unspecified atom stereocenters. The maximum atomic E-state index is 12.8. The van der Waals surface area contributed by atoms with E-state index in [0.29, 0.717) is 31.8 Å². The number of carbonyl (C=O) groups excluding carboxylic acids is 1. The molecule has 0 saturated carbocycles. The van der Waals surface area contributed by atoms with Gasteiger partial charge >= 0.3 is 0 Å². The van der Waals surface area contributed by atoms with Gasteiger partial charge in [0.1, 0.15) is 23.3 Å². The predicted octanol–water partition coefficient (Wildman–Crippen LogP) is 3.00. The first kappa shape index (κ1) is 21.7. The van der Waals surface area contributed by atoms with E-state index in [9.17, 15) is 4.79 Å². The molecule has 1 aliphatic heterocycles. The maximum Gasteiger partial charge on any atom is 0.274 e. The number of methoxy groups -OCH3 is 2. The van der Waals surface area contributed by atoms with Gasteiger partial charge in [-0.05, 0) is 36.8 Å². The van der Waals surface area contributed by atoms with Crippen LogP contribution >= 0.6 is 0 Å². The van der Waals surface area contributed by atoms with Crippen molar-refractivity contribution in [2.24, 2.45) is 0 Å². The fraction of sp³-hybridized carbons (Fsp3) is 0.333. The highest BCUT2D eigenvalue weighted by molar-refractivity contribution is 5.92. The molecule has 2 aromatic heterocycles. The minimum absolute atomic E-state index is 0.146. The summed E-state index contributed by atoms with van der Waals surface area (Å²) < 4.78 is 16.7. The maximum absolute atomic E-state index is 12.8. The zero-order valence-electron chi connectivity index (χ0n) is 18.4. The molecule has 0 N–H and O–H groups in total. The Morgan fingerprint density at radius 1 is 1.09 bits per heavy atom. The second-order valence-corrected chi connectivity index (χ2v) is 7.60. The number of carbonyl (C=O) groups is 1. The average Bonchev–Trinajstić information content (AvgIpc) is 2.84. The lowest BCUT2D eigenvalue weighted by molar-refractivity contribution is -0.0249. The van der Waals surface area contributed by atoms with Crippen LogP contribution in [0.3, 0.4) is 0 Å². The first-order chi connectivity index (χ1) is 15.6. The summed E-state index contributed by atoms with van der Waals surface area (Å²) in [4.78, 5) is 27.5. The van der Waals surface area contributed by atoms with Gasteiger partial charge in [-0.15, -0.1) is 0 Å². The molecule has 0 bridgehead atoms. The zero-order valence-corrected chi connectivity index (χ0v) is 18.4.